The van der Waals surface area contributed by atoms with Gasteiger partial charge in [-0.25, -0.2) is 4.79 Å². The zero-order chi connectivity index (χ0) is 36.7. The van der Waals surface area contributed by atoms with Gasteiger partial charge in [0.2, 0.25) is 0 Å². The number of hydrogen-bond donors (Lipinski definition) is 1. The highest BCUT2D eigenvalue weighted by atomic mass is 35.5. The van der Waals surface area contributed by atoms with Gasteiger partial charge in [0.05, 0.1) is 12.1 Å². The Balaban J connectivity index is 0.000000205. The molecule has 4 aromatic rings. The summed E-state index contributed by atoms with van der Waals surface area (Å²) < 4.78 is 5.56. The number of benzene rings is 4. The van der Waals surface area contributed by atoms with Gasteiger partial charge in [-0.15, -0.1) is 0 Å². The molecule has 4 aromatic carbocycles. The maximum absolute atomic E-state index is 12.5. The van der Waals surface area contributed by atoms with Crippen LogP contribution in [0, 0.1) is 0 Å². The van der Waals surface area contributed by atoms with Gasteiger partial charge in [0.1, 0.15) is 5.60 Å². The van der Waals surface area contributed by atoms with E-state index < -0.39 is 5.60 Å². The molecular formula is C41H48Cl4N4O2. The van der Waals surface area contributed by atoms with E-state index in [2.05, 4.69) is 77.5 Å². The van der Waals surface area contributed by atoms with Crippen molar-refractivity contribution in [2.75, 3.05) is 39.3 Å². The number of halogens is 4. The molecule has 2 fully saturated rings. The molecule has 0 radical (unpaired) electrons. The molecule has 1 N–H and O–H groups in total. The largest absolute Gasteiger partial charge is 0.444 e. The van der Waals surface area contributed by atoms with Crippen molar-refractivity contribution in [3.8, 4) is 0 Å². The number of piperazine rings is 2. The van der Waals surface area contributed by atoms with Crippen LogP contribution < -0.4 is 5.32 Å². The summed E-state index contributed by atoms with van der Waals surface area (Å²) in [6.45, 7) is 15.1. The summed E-state index contributed by atoms with van der Waals surface area (Å²) >= 11 is 24.3. The first-order chi connectivity index (χ1) is 24.3. The van der Waals surface area contributed by atoms with Crippen molar-refractivity contribution >= 4 is 52.5 Å². The van der Waals surface area contributed by atoms with Gasteiger partial charge in [0.25, 0.3) is 0 Å². The molecule has 6 nitrogen and oxygen atoms in total. The van der Waals surface area contributed by atoms with Crippen LogP contribution in [0.25, 0.3) is 0 Å². The van der Waals surface area contributed by atoms with Gasteiger partial charge >= 0.3 is 6.09 Å². The van der Waals surface area contributed by atoms with E-state index in [4.69, 9.17) is 51.1 Å². The smallest absolute Gasteiger partial charge is 0.410 e. The number of ether oxygens (including phenoxy) is 1. The average Bonchev–Trinajstić information content (AvgIpc) is 3.09. The first-order valence-corrected chi connectivity index (χ1v) is 19.0. The minimum atomic E-state index is -0.493. The molecule has 2 aliphatic rings. The number of rotatable bonds is 6. The van der Waals surface area contributed by atoms with E-state index in [-0.39, 0.29) is 24.2 Å². The Bertz CT molecular complexity index is 1610. The second-order valence-electron chi connectivity index (χ2n) is 14.3. The van der Waals surface area contributed by atoms with E-state index in [9.17, 15) is 4.79 Å². The van der Waals surface area contributed by atoms with Gasteiger partial charge in [0, 0.05) is 71.4 Å². The number of amides is 1. The van der Waals surface area contributed by atoms with Crippen LogP contribution in [-0.2, 0) is 4.74 Å². The van der Waals surface area contributed by atoms with E-state index in [1.807, 2.05) is 69.3 Å². The summed E-state index contributed by atoms with van der Waals surface area (Å²) in [5, 5.41) is 6.43. The van der Waals surface area contributed by atoms with Crippen molar-refractivity contribution < 1.29 is 9.53 Å². The molecular weight excluding hydrogens is 722 g/mol. The molecule has 0 bridgehead atoms. The highest BCUT2D eigenvalue weighted by molar-refractivity contribution is 6.31. The van der Waals surface area contributed by atoms with Crippen LogP contribution in [0.2, 0.25) is 20.1 Å². The average molecular weight is 771 g/mol. The normalized spacial score (nSPS) is 18.8. The number of carbonyl (C=O) groups is 1. The highest BCUT2D eigenvalue weighted by Crippen LogP contribution is 2.34. The summed E-state index contributed by atoms with van der Waals surface area (Å²) in [6.07, 6.45) is -0.251. The fourth-order valence-corrected chi connectivity index (χ4v) is 7.32. The number of carbonyl (C=O) groups excluding carboxylic acids is 1. The Hall–Kier alpha value is -2.81. The van der Waals surface area contributed by atoms with E-state index in [1.54, 1.807) is 4.90 Å². The lowest BCUT2D eigenvalue weighted by Gasteiger charge is -2.44. The zero-order valence-corrected chi connectivity index (χ0v) is 33.0. The Labute approximate surface area is 323 Å². The quantitative estimate of drug-likeness (QED) is 0.212. The van der Waals surface area contributed by atoms with Gasteiger partial charge in [-0.05, 0) is 105 Å². The van der Waals surface area contributed by atoms with Crippen LogP contribution >= 0.6 is 46.4 Å². The van der Waals surface area contributed by atoms with Crippen LogP contribution in [0.5, 0.6) is 0 Å². The van der Waals surface area contributed by atoms with Gasteiger partial charge in [-0.2, -0.15) is 0 Å². The monoisotopic (exact) mass is 768 g/mol. The predicted molar refractivity (Wildman–Crippen MR) is 213 cm³/mol. The maximum Gasteiger partial charge on any atom is 0.410 e. The Morgan fingerprint density at radius 2 is 1.00 bits per heavy atom. The molecule has 0 saturated carbocycles. The fraction of sp³-hybridized carbons (Fsp3) is 0.390. The molecule has 51 heavy (non-hydrogen) atoms. The standard InChI is InChI=1S/C23H28Cl2N2O2.C18H20Cl2N2/c1-16-15-26(22(28)29-23(2,3)4)13-14-27(16)21(17-5-9-19(24)10-6-17)18-7-11-20(25)12-8-18;1-13-12-21-10-11-22(13)18(14-2-6-16(19)7-3-14)15-4-8-17(20)9-5-15/h5-12,16,21H,13-15H2,1-4H3;2-9,13,18,21H,10-12H2,1H3. The molecule has 6 rings (SSSR count). The molecule has 0 aromatic heterocycles. The van der Waals surface area contributed by atoms with Crippen LogP contribution in [0.1, 0.15) is 69.0 Å². The maximum atomic E-state index is 12.5. The van der Waals surface area contributed by atoms with Crippen LogP contribution in [0.15, 0.2) is 97.1 Å². The molecule has 2 atom stereocenters. The van der Waals surface area contributed by atoms with E-state index in [0.29, 0.717) is 29.2 Å². The van der Waals surface area contributed by atoms with Crippen molar-refractivity contribution in [2.24, 2.45) is 0 Å². The van der Waals surface area contributed by atoms with E-state index in [0.717, 1.165) is 47.4 Å². The van der Waals surface area contributed by atoms with Crippen LogP contribution in [-0.4, -0.2) is 77.7 Å². The zero-order valence-electron chi connectivity index (χ0n) is 30.0. The summed E-state index contributed by atoms with van der Waals surface area (Å²) in [5.74, 6) is 0. The first kappa shape index (κ1) is 39.4. The molecule has 0 aliphatic carbocycles. The number of nitrogens with zero attached hydrogens (tertiary/aromatic N) is 3. The van der Waals surface area contributed by atoms with Crippen LogP contribution in [0.4, 0.5) is 4.79 Å². The Morgan fingerprint density at radius 3 is 1.33 bits per heavy atom. The SMILES string of the molecule is CC1CN(C(=O)OC(C)(C)C)CCN1C(c1ccc(Cl)cc1)c1ccc(Cl)cc1.CC1CNCCN1C(c1ccc(Cl)cc1)c1ccc(Cl)cc1. The van der Waals surface area contributed by atoms with Gasteiger partial charge in [-0.1, -0.05) is 94.9 Å². The number of hydrogen-bond acceptors (Lipinski definition) is 5. The van der Waals surface area contributed by atoms with Gasteiger partial charge < -0.3 is 15.0 Å². The fourth-order valence-electron chi connectivity index (χ4n) is 6.82. The molecule has 2 aliphatic heterocycles. The topological polar surface area (TPSA) is 48.1 Å². The molecule has 2 heterocycles. The Kier molecular flexibility index (Phi) is 13.8. The minimum absolute atomic E-state index is 0.0559. The first-order valence-electron chi connectivity index (χ1n) is 17.5. The Morgan fingerprint density at radius 1 is 0.627 bits per heavy atom. The van der Waals surface area contributed by atoms with E-state index in [1.165, 1.54) is 11.1 Å². The van der Waals surface area contributed by atoms with Crippen molar-refractivity contribution in [3.63, 3.8) is 0 Å². The second kappa shape index (κ2) is 17.8. The van der Waals surface area contributed by atoms with Gasteiger partial charge in [-0.3, -0.25) is 9.80 Å². The summed E-state index contributed by atoms with van der Waals surface area (Å²) in [6, 6.07) is 33.2. The molecule has 272 valence electrons. The predicted octanol–water partition coefficient (Wildman–Crippen LogP) is 10.4. The second-order valence-corrected chi connectivity index (χ2v) is 16.1. The third kappa shape index (κ3) is 10.9. The van der Waals surface area contributed by atoms with Crippen molar-refractivity contribution in [3.05, 3.63) is 139 Å². The summed E-state index contributed by atoms with van der Waals surface area (Å²) in [5.41, 5.74) is 4.36. The third-order valence-corrected chi connectivity index (χ3v) is 10.3. The van der Waals surface area contributed by atoms with Gasteiger partial charge in [0.15, 0.2) is 0 Å². The molecule has 1 amide bonds. The van der Waals surface area contributed by atoms with Crippen molar-refractivity contribution in [1.29, 1.82) is 0 Å². The van der Waals surface area contributed by atoms with Crippen LogP contribution in [0.3, 0.4) is 0 Å². The van der Waals surface area contributed by atoms with E-state index >= 15 is 0 Å². The molecule has 10 heteroatoms. The summed E-state index contributed by atoms with van der Waals surface area (Å²) in [4.78, 5) is 19.3. The molecule has 2 saturated heterocycles. The lowest BCUT2D eigenvalue weighted by Crippen LogP contribution is -2.55. The lowest BCUT2D eigenvalue weighted by atomic mass is 9.95. The molecule has 0 spiro atoms. The third-order valence-electron chi connectivity index (χ3n) is 9.29. The summed E-state index contributed by atoms with van der Waals surface area (Å²) in [7, 11) is 0. The lowest BCUT2D eigenvalue weighted by molar-refractivity contribution is 0.000960. The number of nitrogens with one attached hydrogen (secondary N) is 1. The molecule has 2 unspecified atom stereocenters. The minimum Gasteiger partial charge on any atom is -0.444 e. The van der Waals surface area contributed by atoms with Crippen molar-refractivity contribution in [1.82, 2.24) is 20.0 Å². The van der Waals surface area contributed by atoms with Crippen molar-refractivity contribution in [2.45, 2.75) is 64.4 Å². The highest BCUT2D eigenvalue weighted by Gasteiger charge is 2.34.